The molecule has 1 saturated heterocycles. The summed E-state index contributed by atoms with van der Waals surface area (Å²) in [6.07, 6.45) is -2.79. The number of hydrogen-bond acceptors (Lipinski definition) is 6. The van der Waals surface area contributed by atoms with Crippen molar-refractivity contribution in [3.8, 4) is 11.3 Å². The van der Waals surface area contributed by atoms with E-state index in [4.69, 9.17) is 14.7 Å². The number of nitrogens with one attached hydrogen (secondary N) is 1. The molecule has 0 spiro atoms. The van der Waals surface area contributed by atoms with Crippen molar-refractivity contribution in [3.63, 3.8) is 0 Å². The van der Waals surface area contributed by atoms with Crippen molar-refractivity contribution in [2.45, 2.75) is 65.0 Å². The topological polar surface area (TPSA) is 63.2 Å². The minimum Gasteiger partial charge on any atom is -0.373 e. The summed E-state index contributed by atoms with van der Waals surface area (Å²) in [5.74, 6) is 1.13. The molecule has 0 bridgehead atoms. The van der Waals surface area contributed by atoms with E-state index in [2.05, 4.69) is 48.1 Å². The van der Waals surface area contributed by atoms with E-state index < -0.39 is 11.7 Å². The van der Waals surface area contributed by atoms with E-state index in [0.29, 0.717) is 29.1 Å². The lowest BCUT2D eigenvalue weighted by Crippen LogP contribution is -2.45. The van der Waals surface area contributed by atoms with E-state index in [-0.39, 0.29) is 28.9 Å². The summed E-state index contributed by atoms with van der Waals surface area (Å²) in [7, 11) is 0. The maximum absolute atomic E-state index is 13.8. The lowest BCUT2D eigenvalue weighted by Gasteiger charge is -2.34. The highest BCUT2D eigenvalue weighted by atomic mass is 19.4. The summed E-state index contributed by atoms with van der Waals surface area (Å²) in [6, 6.07) is 15.2. The van der Waals surface area contributed by atoms with Crippen molar-refractivity contribution in [1.29, 1.82) is 0 Å². The van der Waals surface area contributed by atoms with Gasteiger partial charge in [0.25, 0.3) is 0 Å². The van der Waals surface area contributed by atoms with Gasteiger partial charge in [0.1, 0.15) is 11.6 Å². The van der Waals surface area contributed by atoms with Gasteiger partial charge in [0.2, 0.25) is 0 Å². The zero-order chi connectivity index (χ0) is 28.7. The van der Waals surface area contributed by atoms with Crippen molar-refractivity contribution in [1.82, 2.24) is 19.9 Å². The van der Waals surface area contributed by atoms with Crippen LogP contribution in [0.25, 0.3) is 22.2 Å². The number of hydrogen-bond donors (Lipinski definition) is 1. The zero-order valence-electron chi connectivity index (χ0n) is 23.4. The van der Waals surface area contributed by atoms with E-state index in [1.807, 2.05) is 26.0 Å². The summed E-state index contributed by atoms with van der Waals surface area (Å²) in [5.41, 5.74) is 2.09. The Morgan fingerprint density at radius 3 is 2.27 bits per heavy atom. The third kappa shape index (κ3) is 6.26. The molecule has 5 rings (SSSR count). The molecule has 4 aromatic rings. The van der Waals surface area contributed by atoms with E-state index >= 15 is 0 Å². The van der Waals surface area contributed by atoms with Gasteiger partial charge in [-0.2, -0.15) is 13.2 Å². The van der Waals surface area contributed by atoms with E-state index in [0.717, 1.165) is 24.8 Å². The molecule has 1 aliphatic heterocycles. The van der Waals surface area contributed by atoms with Gasteiger partial charge in [0, 0.05) is 30.5 Å². The van der Waals surface area contributed by atoms with Gasteiger partial charge in [-0.05, 0) is 49.1 Å². The van der Waals surface area contributed by atoms with Crippen LogP contribution >= 0.6 is 0 Å². The highest BCUT2D eigenvalue weighted by Gasteiger charge is 2.33. The Labute approximate surface area is 232 Å². The van der Waals surface area contributed by atoms with Crippen LogP contribution in [0.3, 0.4) is 0 Å². The molecule has 0 saturated carbocycles. The quantitative estimate of drug-likeness (QED) is 0.281. The number of rotatable bonds is 5. The summed E-state index contributed by atoms with van der Waals surface area (Å²) in [6.45, 7) is 12.5. The first-order valence-electron chi connectivity index (χ1n) is 13.5. The van der Waals surface area contributed by atoms with Gasteiger partial charge in [-0.15, -0.1) is 0 Å². The lowest BCUT2D eigenvalue weighted by molar-refractivity contribution is -0.137. The highest BCUT2D eigenvalue weighted by Crippen LogP contribution is 2.37. The highest BCUT2D eigenvalue weighted by molar-refractivity contribution is 5.92. The third-order valence-electron chi connectivity index (χ3n) is 7.01. The van der Waals surface area contributed by atoms with Gasteiger partial charge in [-0.1, -0.05) is 51.1 Å². The van der Waals surface area contributed by atoms with Crippen LogP contribution in [0, 0.1) is 0 Å². The molecule has 2 aromatic heterocycles. The van der Waals surface area contributed by atoms with Crippen molar-refractivity contribution in [3.05, 3.63) is 77.7 Å². The Hall–Kier alpha value is -3.56. The molecule has 40 heavy (non-hydrogen) atoms. The SMILES string of the molecule is CC1CN(Cc2nc(Nc3ccc(C(C)(C)C)cc3)c3cnc(-c4ccccc4C(F)(F)F)cc3n2)CC(C)O1. The molecule has 3 heterocycles. The first-order chi connectivity index (χ1) is 18.9. The fraction of sp³-hybridized carbons (Fsp3) is 0.387. The van der Waals surface area contributed by atoms with Crippen molar-refractivity contribution >= 4 is 22.4 Å². The second kappa shape index (κ2) is 10.8. The minimum atomic E-state index is -4.50. The Balaban J connectivity index is 1.57. The molecule has 0 aliphatic carbocycles. The largest absolute Gasteiger partial charge is 0.417 e. The maximum atomic E-state index is 13.8. The normalized spacial score (nSPS) is 18.7. The van der Waals surface area contributed by atoms with Gasteiger partial charge in [-0.3, -0.25) is 9.88 Å². The molecule has 9 heteroatoms. The summed E-state index contributed by atoms with van der Waals surface area (Å²) < 4.78 is 47.2. The lowest BCUT2D eigenvalue weighted by atomic mass is 9.87. The molecule has 2 unspecified atom stereocenters. The monoisotopic (exact) mass is 549 g/mol. The van der Waals surface area contributed by atoms with Gasteiger partial charge in [0.05, 0.1) is 40.9 Å². The number of morpholine rings is 1. The number of benzene rings is 2. The Bertz CT molecular complexity index is 1490. The minimum absolute atomic E-state index is 0.0140. The molecule has 1 aliphatic rings. The molecule has 210 valence electrons. The summed E-state index contributed by atoms with van der Waals surface area (Å²) >= 11 is 0. The maximum Gasteiger partial charge on any atom is 0.417 e. The molecule has 0 amide bonds. The van der Waals surface area contributed by atoms with Gasteiger partial charge in [-0.25, -0.2) is 9.97 Å². The number of fused-ring (bicyclic) bond motifs is 1. The third-order valence-corrected chi connectivity index (χ3v) is 7.01. The first kappa shape index (κ1) is 28.0. The first-order valence-corrected chi connectivity index (χ1v) is 13.5. The average molecular weight is 550 g/mol. The molecular weight excluding hydrogens is 515 g/mol. The predicted octanol–water partition coefficient (Wildman–Crippen LogP) is 7.36. The summed E-state index contributed by atoms with van der Waals surface area (Å²) in [5, 5.41) is 4.03. The molecule has 1 N–H and O–H groups in total. The number of pyridine rings is 1. The fourth-order valence-electron chi connectivity index (χ4n) is 5.14. The summed E-state index contributed by atoms with van der Waals surface area (Å²) in [4.78, 5) is 16.3. The molecule has 0 radical (unpaired) electrons. The standard InChI is InChI=1S/C31H34F3N5O/c1-19-16-39(17-20(2)40-19)18-28-37-27-14-26(23-8-6-7-9-25(23)31(32,33)34)35-15-24(27)29(38-28)36-22-12-10-21(11-13-22)30(3,4)5/h6-15,19-20H,16-18H2,1-5H3,(H,36,37,38). The van der Waals surface area contributed by atoms with Crippen molar-refractivity contribution in [2.24, 2.45) is 0 Å². The number of aromatic nitrogens is 3. The van der Waals surface area contributed by atoms with Crippen LogP contribution < -0.4 is 5.32 Å². The molecule has 2 atom stereocenters. The van der Waals surface area contributed by atoms with Crippen LogP contribution in [-0.4, -0.2) is 45.1 Å². The zero-order valence-corrected chi connectivity index (χ0v) is 23.4. The van der Waals surface area contributed by atoms with Gasteiger partial charge < -0.3 is 10.1 Å². The van der Waals surface area contributed by atoms with E-state index in [1.165, 1.54) is 17.7 Å². The molecule has 2 aromatic carbocycles. The average Bonchev–Trinajstić information content (AvgIpc) is 2.87. The van der Waals surface area contributed by atoms with Gasteiger partial charge >= 0.3 is 6.18 Å². The van der Waals surface area contributed by atoms with Crippen LogP contribution in [0.15, 0.2) is 60.8 Å². The van der Waals surface area contributed by atoms with Crippen LogP contribution in [0.1, 0.15) is 51.6 Å². The number of ether oxygens (including phenoxy) is 1. The number of halogens is 3. The smallest absolute Gasteiger partial charge is 0.373 e. The molecule has 6 nitrogen and oxygen atoms in total. The van der Waals surface area contributed by atoms with Crippen LogP contribution in [0.5, 0.6) is 0 Å². The molecule has 1 fully saturated rings. The Morgan fingerprint density at radius 2 is 1.62 bits per heavy atom. The predicted molar refractivity (Wildman–Crippen MR) is 151 cm³/mol. The van der Waals surface area contributed by atoms with Crippen molar-refractivity contribution < 1.29 is 17.9 Å². The van der Waals surface area contributed by atoms with Crippen LogP contribution in [0.2, 0.25) is 0 Å². The molecular formula is C31H34F3N5O. The van der Waals surface area contributed by atoms with Gasteiger partial charge in [0.15, 0.2) is 0 Å². The van der Waals surface area contributed by atoms with Crippen molar-refractivity contribution in [2.75, 3.05) is 18.4 Å². The second-order valence-electron chi connectivity index (χ2n) is 11.5. The van der Waals surface area contributed by atoms with Crippen LogP contribution in [-0.2, 0) is 22.9 Å². The van der Waals surface area contributed by atoms with E-state index in [1.54, 1.807) is 18.3 Å². The van der Waals surface area contributed by atoms with Crippen LogP contribution in [0.4, 0.5) is 24.7 Å². The number of alkyl halides is 3. The fourth-order valence-corrected chi connectivity index (χ4v) is 5.14. The number of nitrogens with zero attached hydrogens (tertiary/aromatic N) is 4. The second-order valence-corrected chi connectivity index (χ2v) is 11.5. The number of anilines is 2. The van der Waals surface area contributed by atoms with E-state index in [9.17, 15) is 13.2 Å². The Morgan fingerprint density at radius 1 is 0.950 bits per heavy atom. The Kier molecular flexibility index (Phi) is 7.54.